The topological polar surface area (TPSA) is 49.4 Å². The molecule has 2 aromatic carbocycles. The monoisotopic (exact) mass is 478 g/mol. The first-order chi connectivity index (χ1) is 15.3. The van der Waals surface area contributed by atoms with Crippen LogP contribution in [0.1, 0.15) is 45.6 Å². The molecule has 2 aromatic rings. The van der Waals surface area contributed by atoms with Crippen LogP contribution in [0.5, 0.6) is 0 Å². The number of halogens is 2. The summed E-state index contributed by atoms with van der Waals surface area (Å²) in [7, 11) is 0. The van der Waals surface area contributed by atoms with Crippen LogP contribution in [0.4, 0.5) is 4.39 Å². The molecule has 0 fully saturated rings. The van der Waals surface area contributed by atoms with Gasteiger partial charge in [0.2, 0.25) is 11.8 Å². The van der Waals surface area contributed by atoms with Crippen LogP contribution in [0.2, 0.25) is 5.02 Å². The maximum absolute atomic E-state index is 13.3. The van der Waals surface area contributed by atoms with Gasteiger partial charge in [-0.25, -0.2) is 4.39 Å². The lowest BCUT2D eigenvalue weighted by Gasteiger charge is -2.31. The van der Waals surface area contributed by atoms with Crippen LogP contribution in [0.25, 0.3) is 0 Å². The number of hydrogen-bond acceptors (Lipinski definition) is 3. The highest BCUT2D eigenvalue weighted by Crippen LogP contribution is 2.22. The fourth-order valence-electron chi connectivity index (χ4n) is 3.22. The third-order valence-corrected chi connectivity index (χ3v) is 6.30. The Hall–Kier alpha value is -2.05. The highest BCUT2D eigenvalue weighted by Gasteiger charge is 2.28. The van der Waals surface area contributed by atoms with Gasteiger partial charge in [-0.15, -0.1) is 11.8 Å². The van der Waals surface area contributed by atoms with Crippen molar-refractivity contribution in [3.8, 4) is 0 Å². The molecule has 7 heteroatoms. The van der Waals surface area contributed by atoms with Gasteiger partial charge >= 0.3 is 0 Å². The molecule has 0 saturated carbocycles. The molecule has 0 heterocycles. The number of rotatable bonds is 12. The van der Waals surface area contributed by atoms with E-state index in [1.54, 1.807) is 28.8 Å². The van der Waals surface area contributed by atoms with E-state index in [0.717, 1.165) is 16.2 Å². The minimum Gasteiger partial charge on any atom is -0.354 e. The Balaban J connectivity index is 2.03. The maximum Gasteiger partial charge on any atom is 0.242 e. The van der Waals surface area contributed by atoms with Crippen molar-refractivity contribution in [2.75, 3.05) is 12.3 Å². The van der Waals surface area contributed by atoms with Gasteiger partial charge in [-0.1, -0.05) is 44.5 Å². The molecule has 0 aliphatic carbocycles. The van der Waals surface area contributed by atoms with E-state index < -0.39 is 6.04 Å². The molecule has 0 aromatic heterocycles. The molecule has 174 valence electrons. The second kappa shape index (κ2) is 13.5. The summed E-state index contributed by atoms with van der Waals surface area (Å²) in [5.74, 6) is 0.564. The summed E-state index contributed by atoms with van der Waals surface area (Å²) in [6.07, 6.45) is 1.54. The summed E-state index contributed by atoms with van der Waals surface area (Å²) >= 11 is 7.59. The molecule has 32 heavy (non-hydrogen) atoms. The minimum atomic E-state index is -0.560. The summed E-state index contributed by atoms with van der Waals surface area (Å²) in [6, 6.07) is 13.1. The number of thioether (sulfide) groups is 1. The SMILES string of the molecule is CCC(C(=O)NCC(C)C)N(Cc1ccc(F)cc1)C(=O)CCCSc1ccc(Cl)cc1. The van der Waals surface area contributed by atoms with E-state index in [-0.39, 0.29) is 24.2 Å². The summed E-state index contributed by atoms with van der Waals surface area (Å²) in [5, 5.41) is 3.65. The molecule has 0 spiro atoms. The molecular weight excluding hydrogens is 447 g/mol. The molecule has 1 atom stereocenters. The molecule has 0 saturated heterocycles. The van der Waals surface area contributed by atoms with Crippen molar-refractivity contribution in [2.45, 2.75) is 57.5 Å². The first-order valence-electron chi connectivity index (χ1n) is 11.0. The second-order valence-electron chi connectivity index (χ2n) is 8.12. The maximum atomic E-state index is 13.3. The number of benzene rings is 2. The van der Waals surface area contributed by atoms with E-state index >= 15 is 0 Å². The number of nitrogens with zero attached hydrogens (tertiary/aromatic N) is 1. The average Bonchev–Trinajstić information content (AvgIpc) is 2.77. The summed E-state index contributed by atoms with van der Waals surface area (Å²) in [5.41, 5.74) is 0.797. The Labute approximate surface area is 199 Å². The zero-order valence-corrected chi connectivity index (χ0v) is 20.5. The lowest BCUT2D eigenvalue weighted by molar-refractivity contribution is -0.141. The van der Waals surface area contributed by atoms with E-state index in [9.17, 15) is 14.0 Å². The molecule has 0 aliphatic rings. The summed E-state index contributed by atoms with van der Waals surface area (Å²) in [4.78, 5) is 28.7. The van der Waals surface area contributed by atoms with Gasteiger partial charge in [0, 0.05) is 29.4 Å². The van der Waals surface area contributed by atoms with Crippen molar-refractivity contribution >= 4 is 35.2 Å². The molecule has 1 unspecified atom stereocenters. The van der Waals surface area contributed by atoms with E-state index in [2.05, 4.69) is 5.32 Å². The third-order valence-electron chi connectivity index (χ3n) is 4.95. The van der Waals surface area contributed by atoms with Crippen LogP contribution in [-0.2, 0) is 16.1 Å². The van der Waals surface area contributed by atoms with Crippen molar-refractivity contribution in [3.05, 3.63) is 64.9 Å². The van der Waals surface area contributed by atoms with Gasteiger partial charge in [0.15, 0.2) is 0 Å². The number of carbonyl (C=O) groups excluding carboxylic acids is 2. The summed E-state index contributed by atoms with van der Waals surface area (Å²) < 4.78 is 13.3. The first kappa shape index (κ1) is 26.2. The minimum absolute atomic E-state index is 0.0717. The summed E-state index contributed by atoms with van der Waals surface area (Å²) in [6.45, 7) is 6.80. The number of nitrogens with one attached hydrogen (secondary N) is 1. The van der Waals surface area contributed by atoms with Gasteiger partial charge in [0.25, 0.3) is 0 Å². The third kappa shape index (κ3) is 8.83. The molecular formula is C25H32ClFN2O2S. The predicted molar refractivity (Wildman–Crippen MR) is 130 cm³/mol. The van der Waals surface area contributed by atoms with E-state index in [1.807, 2.05) is 45.0 Å². The van der Waals surface area contributed by atoms with Crippen LogP contribution in [0.3, 0.4) is 0 Å². The Kier molecular flexibility index (Phi) is 11.0. The lowest BCUT2D eigenvalue weighted by atomic mass is 10.1. The van der Waals surface area contributed by atoms with Crippen molar-refractivity contribution < 1.29 is 14.0 Å². The number of hydrogen-bond donors (Lipinski definition) is 1. The normalized spacial score (nSPS) is 11.9. The van der Waals surface area contributed by atoms with Crippen molar-refractivity contribution in [2.24, 2.45) is 5.92 Å². The fourth-order valence-corrected chi connectivity index (χ4v) is 4.20. The highest BCUT2D eigenvalue weighted by molar-refractivity contribution is 7.99. The molecule has 0 aliphatic heterocycles. The zero-order chi connectivity index (χ0) is 23.5. The lowest BCUT2D eigenvalue weighted by Crippen LogP contribution is -2.49. The van der Waals surface area contributed by atoms with E-state index in [0.29, 0.717) is 36.7 Å². The van der Waals surface area contributed by atoms with Crippen LogP contribution in [0.15, 0.2) is 53.4 Å². The van der Waals surface area contributed by atoms with Crippen molar-refractivity contribution in [1.82, 2.24) is 10.2 Å². The van der Waals surface area contributed by atoms with Gasteiger partial charge in [0.1, 0.15) is 11.9 Å². The van der Waals surface area contributed by atoms with Crippen LogP contribution in [-0.4, -0.2) is 35.1 Å². The molecule has 2 amide bonds. The number of carbonyl (C=O) groups is 2. The Bertz CT molecular complexity index is 859. The predicted octanol–water partition coefficient (Wildman–Crippen LogP) is 5.93. The first-order valence-corrected chi connectivity index (χ1v) is 12.4. The Morgan fingerprint density at radius 2 is 1.75 bits per heavy atom. The Morgan fingerprint density at radius 1 is 1.09 bits per heavy atom. The van der Waals surface area contributed by atoms with Gasteiger partial charge in [-0.3, -0.25) is 9.59 Å². The second-order valence-corrected chi connectivity index (χ2v) is 9.72. The van der Waals surface area contributed by atoms with Crippen LogP contribution >= 0.6 is 23.4 Å². The van der Waals surface area contributed by atoms with Crippen LogP contribution < -0.4 is 5.32 Å². The highest BCUT2D eigenvalue weighted by atomic mass is 35.5. The average molecular weight is 479 g/mol. The molecule has 0 radical (unpaired) electrons. The largest absolute Gasteiger partial charge is 0.354 e. The fraction of sp³-hybridized carbons (Fsp3) is 0.440. The van der Waals surface area contributed by atoms with Gasteiger partial charge in [0.05, 0.1) is 0 Å². The van der Waals surface area contributed by atoms with Gasteiger partial charge < -0.3 is 10.2 Å². The van der Waals surface area contributed by atoms with Crippen molar-refractivity contribution in [1.29, 1.82) is 0 Å². The van der Waals surface area contributed by atoms with Gasteiger partial charge in [-0.2, -0.15) is 0 Å². The zero-order valence-electron chi connectivity index (χ0n) is 18.9. The smallest absolute Gasteiger partial charge is 0.242 e. The molecule has 0 bridgehead atoms. The standard InChI is InChI=1S/C25H32ClFN2O2S/c1-4-23(25(31)28-16-18(2)3)29(17-19-7-11-21(27)12-8-19)24(30)6-5-15-32-22-13-9-20(26)10-14-22/h7-14,18,23H,4-6,15-17H2,1-3H3,(H,28,31). The van der Waals surface area contributed by atoms with Crippen LogP contribution in [0, 0.1) is 11.7 Å². The van der Waals surface area contributed by atoms with Crippen molar-refractivity contribution in [3.63, 3.8) is 0 Å². The van der Waals surface area contributed by atoms with E-state index in [4.69, 9.17) is 11.6 Å². The quantitative estimate of drug-likeness (QED) is 0.304. The Morgan fingerprint density at radius 3 is 2.34 bits per heavy atom. The molecule has 2 rings (SSSR count). The number of amides is 2. The van der Waals surface area contributed by atoms with Gasteiger partial charge in [-0.05, 0) is 66.5 Å². The molecule has 4 nitrogen and oxygen atoms in total. The molecule has 1 N–H and O–H groups in total. The van der Waals surface area contributed by atoms with E-state index in [1.165, 1.54) is 12.1 Å².